The average molecular weight is 1060 g/mol. The normalized spacial score (nSPS) is 24.2. The summed E-state index contributed by atoms with van der Waals surface area (Å²) in [4.78, 5) is 142. The SMILES string of the molecule is CCCC[C@@H]1NC(=O)N([C@H]2CSSC[C@@H](C(C)=O)NC(=O)[C@H](Cc3c[nH]c4ccccc34)NC(=O)[C@H](CCCN=C(N)N)NC(=O)[C@@H](Cc3ccccc3)NC(=O)[C@H](Cc3cnc[nH]3)NC(=O)[C@@H](C)NC2=O)C1=O. The maximum absolute atomic E-state index is 14.6. The number of H-pyrrole nitrogens is 2. The Morgan fingerprint density at radius 1 is 0.689 bits per heavy atom. The first-order valence-electron chi connectivity index (χ1n) is 24.3. The van der Waals surface area contributed by atoms with Crippen LogP contribution in [0, 0.1) is 0 Å². The molecule has 4 heterocycles. The summed E-state index contributed by atoms with van der Waals surface area (Å²) >= 11 is 0. The topological polar surface area (TPSA) is 350 Å². The molecule has 0 unspecified atom stereocenters. The first kappa shape index (κ1) is 55.9. The van der Waals surface area contributed by atoms with Gasteiger partial charge in [0.05, 0.1) is 12.4 Å². The number of nitrogens with zero attached hydrogens (tertiary/aromatic N) is 3. The number of imide groups is 1. The van der Waals surface area contributed by atoms with Crippen molar-refractivity contribution < 1.29 is 43.2 Å². The number of carbonyl (C=O) groups is 9. The number of ketones is 1. The van der Waals surface area contributed by atoms with Crippen molar-refractivity contribution in [3.63, 3.8) is 0 Å². The minimum absolute atomic E-state index is 0.0289. The molecule has 6 rings (SSSR count). The smallest absolute Gasteiger partial charge is 0.325 e. The number of nitrogens with two attached hydrogens (primary N) is 2. The van der Waals surface area contributed by atoms with Crippen LogP contribution in [0.2, 0.25) is 0 Å². The molecular formula is C49H64N14O9S2. The van der Waals surface area contributed by atoms with Gasteiger partial charge in [-0.15, -0.1) is 0 Å². The molecule has 2 aromatic carbocycles. The number of aromatic amines is 2. The molecule has 13 N–H and O–H groups in total. The van der Waals surface area contributed by atoms with E-state index in [1.807, 2.05) is 31.2 Å². The highest BCUT2D eigenvalue weighted by atomic mass is 33.1. The Morgan fingerprint density at radius 2 is 1.31 bits per heavy atom. The molecule has 23 nitrogen and oxygen atoms in total. The zero-order valence-electron chi connectivity index (χ0n) is 41.3. The number of guanidine groups is 1. The lowest BCUT2D eigenvalue weighted by molar-refractivity contribution is -0.137. The number of nitrogens with one attached hydrogen (secondary N) is 9. The first-order valence-corrected chi connectivity index (χ1v) is 26.8. The van der Waals surface area contributed by atoms with Crippen LogP contribution in [-0.4, -0.2) is 145 Å². The second-order valence-corrected chi connectivity index (χ2v) is 20.6. The molecule has 9 amide bonds. The van der Waals surface area contributed by atoms with Crippen molar-refractivity contribution in [3.8, 4) is 0 Å². The summed E-state index contributed by atoms with van der Waals surface area (Å²) in [5.74, 6) is -6.25. The van der Waals surface area contributed by atoms with Crippen molar-refractivity contribution in [2.45, 2.75) is 120 Å². The lowest BCUT2D eigenvalue weighted by atomic mass is 10.0. The van der Waals surface area contributed by atoms with Crippen LogP contribution in [0.25, 0.3) is 10.9 Å². The lowest BCUT2D eigenvalue weighted by Crippen LogP contribution is -2.60. The number of aromatic nitrogens is 3. The highest BCUT2D eigenvalue weighted by molar-refractivity contribution is 8.76. The predicted molar refractivity (Wildman–Crippen MR) is 280 cm³/mol. The number of Topliss-reactive ketones (excluding diaryl/α,β-unsaturated/α-hetero) is 1. The van der Waals surface area contributed by atoms with E-state index in [1.165, 1.54) is 26.4 Å². The Morgan fingerprint density at radius 3 is 2.00 bits per heavy atom. The number of benzene rings is 2. The van der Waals surface area contributed by atoms with Gasteiger partial charge in [0.25, 0.3) is 5.91 Å². The molecule has 4 aromatic rings. The van der Waals surface area contributed by atoms with Crippen molar-refractivity contribution in [1.82, 2.24) is 57.1 Å². The molecule has 25 heteroatoms. The number of amides is 9. The second kappa shape index (κ2) is 27.0. The molecule has 2 fully saturated rings. The molecule has 2 saturated heterocycles. The quantitative estimate of drug-likeness (QED) is 0.0252. The van der Waals surface area contributed by atoms with Crippen LogP contribution in [0.5, 0.6) is 0 Å². The minimum Gasteiger partial charge on any atom is -0.370 e. The van der Waals surface area contributed by atoms with Gasteiger partial charge in [0.1, 0.15) is 42.3 Å². The largest absolute Gasteiger partial charge is 0.370 e. The average Bonchev–Trinajstić information content (AvgIpc) is 4.11. The summed E-state index contributed by atoms with van der Waals surface area (Å²) in [5.41, 5.74) is 13.7. The number of imidazole rings is 1. The number of hydrogen-bond donors (Lipinski definition) is 11. The molecule has 2 aliphatic heterocycles. The van der Waals surface area contributed by atoms with E-state index in [4.69, 9.17) is 11.5 Å². The van der Waals surface area contributed by atoms with Gasteiger partial charge in [-0.05, 0) is 50.3 Å². The fourth-order valence-corrected chi connectivity index (χ4v) is 10.8. The van der Waals surface area contributed by atoms with E-state index in [9.17, 15) is 43.2 Å². The molecule has 0 saturated carbocycles. The van der Waals surface area contributed by atoms with E-state index in [0.29, 0.717) is 29.7 Å². The van der Waals surface area contributed by atoms with Crippen LogP contribution in [0.4, 0.5) is 4.79 Å². The standard InChI is InChI=1S/C49H64N14O9S2/c1-4-5-15-35-47(71)63(49(72)62-35)40-25-74-73-24-39(28(3)64)61-44(68)37(20-30-22-54-33-16-10-9-14-32(30)33)60-42(66)34(17-11-18-53-48(50)51)57-43(67)36(19-29-12-7-6-8-13-29)59-45(69)38(21-31-23-52-26-55-31)58-41(65)27(2)56-46(40)70/h6-10,12-14,16,22-23,26-27,34-40,54H,4-5,11,15,17-21,24-25H2,1-3H3,(H,52,55)(H,56,70)(H,57,67)(H,58,65)(H,59,69)(H,60,66)(H,61,68)(H,62,72)(H4,50,51,53)/t27-,34+,35+,36-,37+,38+,39+,40+/m1/s1. The van der Waals surface area contributed by atoms with Gasteiger partial charge in [-0.3, -0.25) is 43.3 Å². The summed E-state index contributed by atoms with van der Waals surface area (Å²) in [6, 6.07) is 5.16. The molecule has 74 heavy (non-hydrogen) atoms. The third kappa shape index (κ3) is 15.6. The Balaban J connectivity index is 1.39. The third-order valence-corrected chi connectivity index (χ3v) is 14.9. The van der Waals surface area contributed by atoms with Gasteiger partial charge >= 0.3 is 6.03 Å². The van der Waals surface area contributed by atoms with Gasteiger partial charge in [0.15, 0.2) is 11.7 Å². The zero-order chi connectivity index (χ0) is 53.3. The van der Waals surface area contributed by atoms with Gasteiger partial charge in [0, 0.05) is 66.3 Å². The van der Waals surface area contributed by atoms with E-state index >= 15 is 0 Å². The number of hydrogen-bond acceptors (Lipinski definition) is 13. The number of rotatable bonds is 15. The van der Waals surface area contributed by atoms with Crippen LogP contribution in [0.1, 0.15) is 69.7 Å². The number of aliphatic imine (C=N–C) groups is 1. The van der Waals surface area contributed by atoms with E-state index in [0.717, 1.165) is 43.8 Å². The Kier molecular flexibility index (Phi) is 20.4. The first-order chi connectivity index (χ1) is 35.5. The van der Waals surface area contributed by atoms with Crippen molar-refractivity contribution in [2.24, 2.45) is 16.5 Å². The number of carbonyl (C=O) groups excluding carboxylic acids is 9. The Hall–Kier alpha value is -7.41. The summed E-state index contributed by atoms with van der Waals surface area (Å²) in [6.45, 7) is 4.66. The summed E-state index contributed by atoms with van der Waals surface area (Å²) in [5, 5.41) is 19.9. The maximum atomic E-state index is 14.6. The van der Waals surface area contributed by atoms with Crippen molar-refractivity contribution in [1.29, 1.82) is 0 Å². The molecule has 2 aromatic heterocycles. The number of unbranched alkanes of at least 4 members (excludes halogenated alkanes) is 1. The molecular weight excluding hydrogens is 993 g/mol. The van der Waals surface area contributed by atoms with E-state index < -0.39 is 101 Å². The highest BCUT2D eigenvalue weighted by Crippen LogP contribution is 2.27. The van der Waals surface area contributed by atoms with E-state index in [2.05, 4.69) is 57.2 Å². The Bertz CT molecular complexity index is 2660. The van der Waals surface area contributed by atoms with Gasteiger partial charge < -0.3 is 58.7 Å². The van der Waals surface area contributed by atoms with Gasteiger partial charge in [-0.25, -0.2) is 14.7 Å². The van der Waals surface area contributed by atoms with Crippen LogP contribution < -0.4 is 48.7 Å². The molecule has 0 spiro atoms. The highest BCUT2D eigenvalue weighted by Gasteiger charge is 2.45. The molecule has 0 bridgehead atoms. The number of fused-ring (bicyclic) bond motifs is 1. The number of para-hydroxylation sites is 1. The molecule has 0 radical (unpaired) electrons. The molecule has 396 valence electrons. The molecule has 0 aliphatic carbocycles. The third-order valence-electron chi connectivity index (χ3n) is 12.5. The predicted octanol–water partition coefficient (Wildman–Crippen LogP) is 0.364. The van der Waals surface area contributed by atoms with Crippen molar-refractivity contribution in [3.05, 3.63) is 90.1 Å². The summed E-state index contributed by atoms with van der Waals surface area (Å²) in [6.07, 6.45) is 6.13. The van der Waals surface area contributed by atoms with Crippen LogP contribution in [0.15, 0.2) is 78.3 Å². The van der Waals surface area contributed by atoms with Crippen LogP contribution in [-0.2, 0) is 57.6 Å². The number of urea groups is 1. The zero-order valence-corrected chi connectivity index (χ0v) is 42.9. The monoisotopic (exact) mass is 1060 g/mol. The Labute approximate surface area is 435 Å². The van der Waals surface area contributed by atoms with Gasteiger partial charge in [-0.2, -0.15) is 0 Å². The van der Waals surface area contributed by atoms with Crippen molar-refractivity contribution in [2.75, 3.05) is 18.1 Å². The van der Waals surface area contributed by atoms with Crippen LogP contribution >= 0.6 is 21.6 Å². The fourth-order valence-electron chi connectivity index (χ4n) is 8.35. The van der Waals surface area contributed by atoms with E-state index in [1.54, 1.807) is 36.5 Å². The van der Waals surface area contributed by atoms with E-state index in [-0.39, 0.29) is 56.1 Å². The van der Waals surface area contributed by atoms with Crippen LogP contribution in [0.3, 0.4) is 0 Å². The van der Waals surface area contributed by atoms with Gasteiger partial charge in [0.2, 0.25) is 35.4 Å². The lowest BCUT2D eigenvalue weighted by Gasteiger charge is -2.28. The maximum Gasteiger partial charge on any atom is 0.325 e. The fraction of sp³-hybridized carbons (Fsp3) is 0.449. The minimum atomic E-state index is -1.45. The van der Waals surface area contributed by atoms with Gasteiger partial charge in [-0.1, -0.05) is 89.9 Å². The summed E-state index contributed by atoms with van der Waals surface area (Å²) < 4.78 is 0. The summed E-state index contributed by atoms with van der Waals surface area (Å²) in [7, 11) is 2.14. The molecule has 8 atom stereocenters. The molecule has 2 aliphatic rings. The van der Waals surface area contributed by atoms with Crippen molar-refractivity contribution >= 4 is 91.6 Å². The second-order valence-electron chi connectivity index (χ2n) is 18.1.